The molecular formula is C5H12O4S. The zero-order chi connectivity index (χ0) is 8.58. The maximum atomic E-state index is 10.3. The molecule has 2 N–H and O–H groups in total. The van der Waals surface area contributed by atoms with E-state index in [4.69, 9.17) is 9.66 Å². The molecule has 0 saturated carbocycles. The van der Waals surface area contributed by atoms with Gasteiger partial charge in [-0.1, -0.05) is 20.8 Å². The molecule has 0 unspecified atom stereocenters. The van der Waals surface area contributed by atoms with Gasteiger partial charge in [-0.3, -0.25) is 4.55 Å². The minimum atomic E-state index is -4.30. The maximum Gasteiger partial charge on any atom is 0.292 e. The highest BCUT2D eigenvalue weighted by atomic mass is 32.2. The van der Waals surface area contributed by atoms with Crippen LogP contribution in [-0.2, 0) is 10.1 Å². The van der Waals surface area contributed by atoms with Gasteiger partial charge in [0.15, 0.2) is 5.44 Å². The van der Waals surface area contributed by atoms with E-state index in [0.717, 1.165) is 0 Å². The van der Waals surface area contributed by atoms with Crippen LogP contribution in [0.4, 0.5) is 0 Å². The van der Waals surface area contributed by atoms with E-state index in [2.05, 4.69) is 0 Å². The predicted octanol–water partition coefficient (Wildman–Crippen LogP) is 0.239. The molecule has 0 saturated heterocycles. The average Bonchev–Trinajstić information content (AvgIpc) is 1.59. The molecular weight excluding hydrogens is 156 g/mol. The van der Waals surface area contributed by atoms with Crippen LogP contribution in [0.3, 0.4) is 0 Å². The van der Waals surface area contributed by atoms with Gasteiger partial charge >= 0.3 is 0 Å². The Morgan fingerprint density at radius 2 is 1.60 bits per heavy atom. The number of hydrogen-bond donors (Lipinski definition) is 2. The standard InChI is InChI=1S/C5H12O4S/c1-5(2,3)4(6)10(7,8)9/h4,6H,1-3H3,(H,7,8,9)/t4-/m1/s1. The summed E-state index contributed by atoms with van der Waals surface area (Å²) >= 11 is 0. The minimum Gasteiger partial charge on any atom is -0.375 e. The van der Waals surface area contributed by atoms with Crippen LogP contribution in [0.25, 0.3) is 0 Å². The van der Waals surface area contributed by atoms with Crippen molar-refractivity contribution < 1.29 is 18.1 Å². The normalized spacial score (nSPS) is 16.9. The van der Waals surface area contributed by atoms with Crippen LogP contribution >= 0.6 is 0 Å². The Morgan fingerprint density at radius 3 is 1.60 bits per heavy atom. The molecule has 62 valence electrons. The van der Waals surface area contributed by atoms with E-state index in [0.29, 0.717) is 0 Å². The predicted molar refractivity (Wildman–Crippen MR) is 37.0 cm³/mol. The van der Waals surface area contributed by atoms with Gasteiger partial charge in [0, 0.05) is 5.41 Å². The van der Waals surface area contributed by atoms with Gasteiger partial charge in [0.2, 0.25) is 0 Å². The molecule has 0 aromatic heterocycles. The van der Waals surface area contributed by atoms with Gasteiger partial charge in [0.25, 0.3) is 10.1 Å². The van der Waals surface area contributed by atoms with Gasteiger partial charge in [0.05, 0.1) is 0 Å². The summed E-state index contributed by atoms with van der Waals surface area (Å²) in [5.74, 6) is 0. The van der Waals surface area contributed by atoms with Crippen molar-refractivity contribution in [3.63, 3.8) is 0 Å². The van der Waals surface area contributed by atoms with Crippen molar-refractivity contribution >= 4 is 10.1 Å². The third kappa shape index (κ3) is 2.64. The monoisotopic (exact) mass is 168 g/mol. The van der Waals surface area contributed by atoms with E-state index in [1.807, 2.05) is 0 Å². The molecule has 0 amide bonds. The van der Waals surface area contributed by atoms with Gasteiger partial charge < -0.3 is 5.11 Å². The highest BCUT2D eigenvalue weighted by molar-refractivity contribution is 7.86. The Labute approximate surface area is 60.6 Å². The quantitative estimate of drug-likeness (QED) is 0.550. The molecule has 0 heterocycles. The van der Waals surface area contributed by atoms with Crippen LogP contribution in [0.5, 0.6) is 0 Å². The fraction of sp³-hybridized carbons (Fsp3) is 1.00. The van der Waals surface area contributed by atoms with Gasteiger partial charge in [-0.25, -0.2) is 0 Å². The molecule has 0 rings (SSSR count). The Hall–Kier alpha value is -0.130. The molecule has 5 heteroatoms. The second kappa shape index (κ2) is 2.48. The molecule has 10 heavy (non-hydrogen) atoms. The van der Waals surface area contributed by atoms with Crippen LogP contribution in [-0.4, -0.2) is 23.5 Å². The van der Waals surface area contributed by atoms with E-state index in [-0.39, 0.29) is 0 Å². The summed E-state index contributed by atoms with van der Waals surface area (Å²) in [7, 11) is -4.30. The van der Waals surface area contributed by atoms with Crippen molar-refractivity contribution in [2.75, 3.05) is 0 Å². The van der Waals surface area contributed by atoms with Crippen LogP contribution in [0.15, 0.2) is 0 Å². The lowest BCUT2D eigenvalue weighted by Crippen LogP contribution is -2.33. The van der Waals surface area contributed by atoms with Crippen LogP contribution in [0.2, 0.25) is 0 Å². The number of hydrogen-bond acceptors (Lipinski definition) is 3. The second-order valence-electron chi connectivity index (χ2n) is 3.23. The molecule has 1 atom stereocenters. The van der Waals surface area contributed by atoms with E-state index in [9.17, 15) is 8.42 Å². The number of aliphatic hydroxyl groups is 1. The lowest BCUT2D eigenvalue weighted by Gasteiger charge is -2.22. The first-order valence-corrected chi connectivity index (χ1v) is 4.30. The third-order valence-electron chi connectivity index (χ3n) is 1.02. The summed E-state index contributed by atoms with van der Waals surface area (Å²) in [6, 6.07) is 0. The first kappa shape index (κ1) is 9.87. The Balaban J connectivity index is 4.56. The topological polar surface area (TPSA) is 74.6 Å². The lowest BCUT2D eigenvalue weighted by atomic mass is 9.98. The Bertz CT molecular complexity index is 198. The Kier molecular flexibility index (Phi) is 2.45. The van der Waals surface area contributed by atoms with Crippen molar-refractivity contribution in [3.8, 4) is 0 Å². The largest absolute Gasteiger partial charge is 0.375 e. The summed E-state index contributed by atoms with van der Waals surface area (Å²) in [6.45, 7) is 4.56. The van der Waals surface area contributed by atoms with Crippen molar-refractivity contribution in [1.82, 2.24) is 0 Å². The van der Waals surface area contributed by atoms with Gasteiger partial charge in [0.1, 0.15) is 0 Å². The van der Waals surface area contributed by atoms with Crippen molar-refractivity contribution in [3.05, 3.63) is 0 Å². The molecule has 0 aromatic rings. The summed E-state index contributed by atoms with van der Waals surface area (Å²) in [4.78, 5) is 0. The molecule has 4 nitrogen and oxygen atoms in total. The van der Waals surface area contributed by atoms with E-state index < -0.39 is 21.0 Å². The molecule has 0 aliphatic rings. The van der Waals surface area contributed by atoms with E-state index in [1.54, 1.807) is 0 Å². The van der Waals surface area contributed by atoms with Crippen LogP contribution in [0, 0.1) is 5.41 Å². The summed E-state index contributed by atoms with van der Waals surface area (Å²) < 4.78 is 28.9. The molecule has 0 fully saturated rings. The SMILES string of the molecule is CC(C)(C)[C@H](O)S(=O)(=O)O. The number of rotatable bonds is 1. The maximum absolute atomic E-state index is 10.3. The van der Waals surface area contributed by atoms with Crippen molar-refractivity contribution in [2.24, 2.45) is 5.41 Å². The van der Waals surface area contributed by atoms with E-state index in [1.165, 1.54) is 20.8 Å². The van der Waals surface area contributed by atoms with Gasteiger partial charge in [-0.05, 0) is 0 Å². The first-order valence-electron chi connectivity index (χ1n) is 2.80. The zero-order valence-corrected chi connectivity index (χ0v) is 7.01. The fourth-order valence-corrected chi connectivity index (χ4v) is 1.34. The number of aliphatic hydroxyl groups excluding tert-OH is 1. The average molecular weight is 168 g/mol. The molecule has 0 radical (unpaired) electrons. The molecule has 0 aromatic carbocycles. The highest BCUT2D eigenvalue weighted by Gasteiger charge is 2.32. The van der Waals surface area contributed by atoms with Crippen LogP contribution < -0.4 is 0 Å². The molecule has 0 spiro atoms. The van der Waals surface area contributed by atoms with Crippen LogP contribution in [0.1, 0.15) is 20.8 Å². The summed E-state index contributed by atoms with van der Waals surface area (Å²) in [5, 5.41) is 8.88. The summed E-state index contributed by atoms with van der Waals surface area (Å²) in [5.41, 5.74) is -2.55. The highest BCUT2D eigenvalue weighted by Crippen LogP contribution is 2.22. The molecule has 0 bridgehead atoms. The first-order chi connectivity index (χ1) is 4.15. The van der Waals surface area contributed by atoms with Gasteiger partial charge in [-0.15, -0.1) is 0 Å². The molecule has 0 aliphatic heterocycles. The Morgan fingerprint density at radius 1 is 1.30 bits per heavy atom. The summed E-state index contributed by atoms with van der Waals surface area (Å²) in [6.07, 6.45) is 0. The minimum absolute atomic E-state index is 0.840. The third-order valence-corrected chi connectivity index (χ3v) is 2.29. The van der Waals surface area contributed by atoms with Crippen molar-refractivity contribution in [1.29, 1.82) is 0 Å². The fourth-order valence-electron chi connectivity index (χ4n) is 0.447. The smallest absolute Gasteiger partial charge is 0.292 e. The molecule has 0 aliphatic carbocycles. The van der Waals surface area contributed by atoms with E-state index >= 15 is 0 Å². The zero-order valence-electron chi connectivity index (χ0n) is 6.20. The van der Waals surface area contributed by atoms with Gasteiger partial charge in [-0.2, -0.15) is 8.42 Å². The lowest BCUT2D eigenvalue weighted by molar-refractivity contribution is 0.123. The second-order valence-corrected chi connectivity index (χ2v) is 4.71. The van der Waals surface area contributed by atoms with Crippen molar-refractivity contribution in [2.45, 2.75) is 26.2 Å².